The number of aromatic carboxylic acids is 1. The van der Waals surface area contributed by atoms with Gasteiger partial charge in [-0.1, -0.05) is 23.7 Å². The number of halogens is 4. The number of rotatable bonds is 3. The number of ether oxygens (including phenoxy) is 1. The van der Waals surface area contributed by atoms with Crippen LogP contribution in [-0.2, 0) is 0 Å². The topological polar surface area (TPSA) is 46.5 Å². The summed E-state index contributed by atoms with van der Waals surface area (Å²) in [6, 6.07) is 9.43. The SMILES string of the molecule is O=C(O)c1cc(OC(F)(F)F)cc(-c2ccc(Cl)cc2)c1. The largest absolute Gasteiger partial charge is 0.573 e. The van der Waals surface area contributed by atoms with Crippen molar-refractivity contribution in [1.29, 1.82) is 0 Å². The van der Waals surface area contributed by atoms with Crippen molar-refractivity contribution in [3.63, 3.8) is 0 Å². The first-order valence-corrected chi connectivity index (χ1v) is 6.02. The van der Waals surface area contributed by atoms with Crippen LogP contribution in [0, 0.1) is 0 Å². The van der Waals surface area contributed by atoms with Gasteiger partial charge in [0.2, 0.25) is 0 Å². The molecule has 3 nitrogen and oxygen atoms in total. The van der Waals surface area contributed by atoms with E-state index in [9.17, 15) is 18.0 Å². The van der Waals surface area contributed by atoms with Crippen LogP contribution in [0.3, 0.4) is 0 Å². The van der Waals surface area contributed by atoms with Crippen LogP contribution in [0.2, 0.25) is 5.02 Å². The molecule has 0 radical (unpaired) electrons. The Morgan fingerprint density at radius 2 is 1.67 bits per heavy atom. The summed E-state index contributed by atoms with van der Waals surface area (Å²) in [6.45, 7) is 0. The highest BCUT2D eigenvalue weighted by atomic mass is 35.5. The minimum atomic E-state index is -4.89. The first-order chi connectivity index (χ1) is 9.74. The molecule has 1 N–H and O–H groups in total. The third-order valence-electron chi connectivity index (χ3n) is 2.56. The molecule has 21 heavy (non-hydrogen) atoms. The van der Waals surface area contributed by atoms with Crippen LogP contribution in [0.1, 0.15) is 10.4 Å². The van der Waals surface area contributed by atoms with Gasteiger partial charge in [-0.05, 0) is 41.5 Å². The van der Waals surface area contributed by atoms with E-state index < -0.39 is 18.1 Å². The summed E-state index contributed by atoms with van der Waals surface area (Å²) in [6.07, 6.45) is -4.89. The fourth-order valence-electron chi connectivity index (χ4n) is 1.72. The molecule has 0 aliphatic rings. The maximum Gasteiger partial charge on any atom is 0.573 e. The average molecular weight is 317 g/mol. The molecule has 2 rings (SSSR count). The van der Waals surface area contributed by atoms with E-state index in [-0.39, 0.29) is 11.1 Å². The van der Waals surface area contributed by atoms with Crippen LogP contribution in [0.15, 0.2) is 42.5 Å². The minimum absolute atomic E-state index is 0.283. The first kappa shape index (κ1) is 15.2. The second-order valence-corrected chi connectivity index (χ2v) is 4.54. The highest BCUT2D eigenvalue weighted by molar-refractivity contribution is 6.30. The molecule has 0 aliphatic heterocycles. The Kier molecular flexibility index (Phi) is 4.09. The lowest BCUT2D eigenvalue weighted by Crippen LogP contribution is -2.17. The van der Waals surface area contributed by atoms with Crippen molar-refractivity contribution in [2.24, 2.45) is 0 Å². The van der Waals surface area contributed by atoms with E-state index in [1.165, 1.54) is 6.07 Å². The normalized spacial score (nSPS) is 11.2. The zero-order valence-corrected chi connectivity index (χ0v) is 11.1. The Morgan fingerprint density at radius 1 is 1.05 bits per heavy atom. The predicted octanol–water partition coefficient (Wildman–Crippen LogP) is 4.60. The molecule has 0 unspecified atom stereocenters. The average Bonchev–Trinajstić information content (AvgIpc) is 2.37. The van der Waals surface area contributed by atoms with Gasteiger partial charge in [0.15, 0.2) is 0 Å². The molecule has 2 aromatic rings. The van der Waals surface area contributed by atoms with Crippen molar-refractivity contribution in [3.8, 4) is 16.9 Å². The molecule has 110 valence electrons. The van der Waals surface area contributed by atoms with Gasteiger partial charge in [-0.25, -0.2) is 4.79 Å². The molecule has 0 aliphatic carbocycles. The maximum atomic E-state index is 12.3. The van der Waals surface area contributed by atoms with Crippen molar-refractivity contribution in [3.05, 3.63) is 53.1 Å². The Morgan fingerprint density at radius 3 is 2.19 bits per heavy atom. The number of carboxylic acid groups (broad SMARTS) is 1. The Labute approximate surface area is 122 Å². The minimum Gasteiger partial charge on any atom is -0.478 e. The van der Waals surface area contributed by atoms with Crippen LogP contribution < -0.4 is 4.74 Å². The molecular weight excluding hydrogens is 309 g/mol. The van der Waals surface area contributed by atoms with Crippen LogP contribution in [0.25, 0.3) is 11.1 Å². The zero-order valence-electron chi connectivity index (χ0n) is 10.3. The molecular formula is C14H8ClF3O3. The van der Waals surface area contributed by atoms with E-state index in [1.807, 2.05) is 0 Å². The van der Waals surface area contributed by atoms with E-state index in [4.69, 9.17) is 16.7 Å². The predicted molar refractivity (Wildman–Crippen MR) is 70.5 cm³/mol. The standard InChI is InChI=1S/C14H8ClF3O3/c15-11-3-1-8(2-4-11)9-5-10(13(19)20)7-12(6-9)21-14(16,17)18/h1-7H,(H,19,20). The molecule has 0 bridgehead atoms. The summed E-state index contributed by atoms with van der Waals surface area (Å²) in [5, 5.41) is 9.42. The van der Waals surface area contributed by atoms with Crippen molar-refractivity contribution >= 4 is 17.6 Å². The van der Waals surface area contributed by atoms with Gasteiger partial charge in [0.25, 0.3) is 0 Å². The summed E-state index contributed by atoms with van der Waals surface area (Å²) < 4.78 is 40.6. The summed E-state index contributed by atoms with van der Waals surface area (Å²) in [5.74, 6) is -1.94. The second-order valence-electron chi connectivity index (χ2n) is 4.11. The van der Waals surface area contributed by atoms with Crippen LogP contribution in [0.5, 0.6) is 5.75 Å². The van der Waals surface area contributed by atoms with Crippen molar-refractivity contribution in [2.75, 3.05) is 0 Å². The van der Waals surface area contributed by atoms with Crippen molar-refractivity contribution in [2.45, 2.75) is 6.36 Å². The van der Waals surface area contributed by atoms with Crippen molar-refractivity contribution < 1.29 is 27.8 Å². The van der Waals surface area contributed by atoms with Gasteiger partial charge in [-0.3, -0.25) is 0 Å². The van der Waals surface area contributed by atoms with Gasteiger partial charge in [0.1, 0.15) is 5.75 Å². The number of benzene rings is 2. The van der Waals surface area contributed by atoms with E-state index in [0.29, 0.717) is 10.6 Å². The third-order valence-corrected chi connectivity index (χ3v) is 2.82. The Hall–Kier alpha value is -2.21. The number of hydrogen-bond donors (Lipinski definition) is 1. The van der Waals surface area contributed by atoms with Crippen molar-refractivity contribution in [1.82, 2.24) is 0 Å². The highest BCUT2D eigenvalue weighted by Gasteiger charge is 2.31. The Balaban J connectivity index is 2.49. The van der Waals surface area contributed by atoms with Gasteiger partial charge in [0.05, 0.1) is 5.56 Å². The summed E-state index contributed by atoms with van der Waals surface area (Å²) in [5.41, 5.74) is 0.502. The molecule has 0 amide bonds. The van der Waals surface area contributed by atoms with E-state index in [1.54, 1.807) is 24.3 Å². The molecule has 0 fully saturated rings. The molecule has 0 aromatic heterocycles. The monoisotopic (exact) mass is 316 g/mol. The maximum absolute atomic E-state index is 12.3. The molecule has 0 heterocycles. The lowest BCUT2D eigenvalue weighted by atomic mass is 10.0. The van der Waals surface area contributed by atoms with E-state index >= 15 is 0 Å². The van der Waals surface area contributed by atoms with Gasteiger partial charge >= 0.3 is 12.3 Å². The lowest BCUT2D eigenvalue weighted by Gasteiger charge is -2.11. The molecule has 7 heteroatoms. The number of carbonyl (C=O) groups is 1. The summed E-state index contributed by atoms with van der Waals surface area (Å²) in [4.78, 5) is 11.0. The molecule has 0 saturated carbocycles. The zero-order chi connectivity index (χ0) is 15.6. The lowest BCUT2D eigenvalue weighted by molar-refractivity contribution is -0.274. The Bertz CT molecular complexity index is 666. The van der Waals surface area contributed by atoms with Gasteiger partial charge < -0.3 is 9.84 Å². The smallest absolute Gasteiger partial charge is 0.478 e. The molecule has 0 spiro atoms. The molecule has 2 aromatic carbocycles. The number of hydrogen-bond acceptors (Lipinski definition) is 2. The van der Waals surface area contributed by atoms with Gasteiger partial charge in [-0.2, -0.15) is 0 Å². The highest BCUT2D eigenvalue weighted by Crippen LogP contribution is 2.30. The van der Waals surface area contributed by atoms with E-state index in [2.05, 4.69) is 4.74 Å². The van der Waals surface area contributed by atoms with Crippen LogP contribution in [0.4, 0.5) is 13.2 Å². The quantitative estimate of drug-likeness (QED) is 0.900. The van der Waals surface area contributed by atoms with Gasteiger partial charge in [0, 0.05) is 5.02 Å². The fourth-order valence-corrected chi connectivity index (χ4v) is 1.85. The summed E-state index contributed by atoms with van der Waals surface area (Å²) in [7, 11) is 0. The van der Waals surface area contributed by atoms with Gasteiger partial charge in [-0.15, -0.1) is 13.2 Å². The first-order valence-electron chi connectivity index (χ1n) is 5.65. The van der Waals surface area contributed by atoms with Crippen LogP contribution in [-0.4, -0.2) is 17.4 Å². The molecule has 0 atom stereocenters. The van der Waals surface area contributed by atoms with E-state index in [0.717, 1.165) is 12.1 Å². The fraction of sp³-hybridized carbons (Fsp3) is 0.0714. The van der Waals surface area contributed by atoms with Crippen LogP contribution >= 0.6 is 11.6 Å². The second kappa shape index (κ2) is 5.65. The third kappa shape index (κ3) is 4.13. The number of alkyl halides is 3. The number of carboxylic acids is 1. The summed E-state index contributed by atoms with van der Waals surface area (Å²) >= 11 is 5.73. The molecule has 0 saturated heterocycles.